The summed E-state index contributed by atoms with van der Waals surface area (Å²) in [6.07, 6.45) is 4.76. The van der Waals surface area contributed by atoms with Crippen molar-refractivity contribution >= 4 is 38.7 Å². The second-order valence-electron chi connectivity index (χ2n) is 6.39. The number of hydrogen-bond acceptors (Lipinski definition) is 5. The van der Waals surface area contributed by atoms with Crippen LogP contribution >= 0.6 is 22.6 Å². The molecule has 0 aliphatic heterocycles. The molecule has 0 radical (unpaired) electrons. The summed E-state index contributed by atoms with van der Waals surface area (Å²) >= 11 is 2.11. The van der Waals surface area contributed by atoms with Crippen LogP contribution in [0.1, 0.15) is 53.9 Å². The lowest BCUT2D eigenvalue weighted by molar-refractivity contribution is 0.0734. The Hall–Kier alpha value is -1.45. The molecule has 2 aromatic carbocycles. The lowest BCUT2D eigenvalue weighted by Gasteiger charge is -2.25. The maximum absolute atomic E-state index is 12.3. The molecule has 1 aliphatic rings. The second kappa shape index (κ2) is 8.06. The maximum atomic E-state index is 12.3. The van der Waals surface area contributed by atoms with Gasteiger partial charge in [0.1, 0.15) is 15.9 Å². The summed E-state index contributed by atoms with van der Waals surface area (Å²) in [6, 6.07) is 11.1. The Morgan fingerprint density at radius 2 is 1.81 bits per heavy atom. The largest absolute Gasteiger partial charge is 0.744 e. The van der Waals surface area contributed by atoms with Crippen LogP contribution in [-0.4, -0.2) is 18.9 Å². The Kier molecular flexibility index (Phi) is 5.99. The summed E-state index contributed by atoms with van der Waals surface area (Å²) in [7, 11) is -4.58. The third-order valence-corrected chi connectivity index (χ3v) is 6.15. The molecule has 0 heterocycles. The minimum absolute atomic E-state index is 0.00111. The van der Waals surface area contributed by atoms with Gasteiger partial charge in [0.15, 0.2) is 0 Å². The second-order valence-corrected chi connectivity index (χ2v) is 8.98. The zero-order valence-electron chi connectivity index (χ0n) is 14.0. The summed E-state index contributed by atoms with van der Waals surface area (Å²) in [5.41, 5.74) is 0.879. The van der Waals surface area contributed by atoms with Crippen LogP contribution in [0, 0.1) is 3.57 Å². The summed E-state index contributed by atoms with van der Waals surface area (Å²) in [4.78, 5) is 12.1. The van der Waals surface area contributed by atoms with Gasteiger partial charge in [0.25, 0.3) is 0 Å². The highest BCUT2D eigenvalue weighted by molar-refractivity contribution is 14.1. The van der Waals surface area contributed by atoms with Crippen LogP contribution in [-0.2, 0) is 10.1 Å². The van der Waals surface area contributed by atoms with E-state index in [9.17, 15) is 17.8 Å². The van der Waals surface area contributed by atoms with Crippen LogP contribution in [0.3, 0.4) is 0 Å². The molecule has 7 heteroatoms. The first kappa shape index (κ1) is 19.3. The molecule has 3 rings (SSSR count). The number of benzene rings is 2. The zero-order valence-corrected chi connectivity index (χ0v) is 17.0. The van der Waals surface area contributed by atoms with Crippen molar-refractivity contribution in [3.8, 4) is 5.75 Å². The van der Waals surface area contributed by atoms with E-state index in [0.717, 1.165) is 35.7 Å². The molecule has 0 N–H and O–H groups in total. The summed E-state index contributed by atoms with van der Waals surface area (Å²) in [5, 5.41) is 0. The summed E-state index contributed by atoms with van der Waals surface area (Å²) < 4.78 is 41.2. The predicted octanol–water partition coefficient (Wildman–Crippen LogP) is 4.46. The molecular formula is C19H18IO5S-. The first-order chi connectivity index (χ1) is 12.3. The van der Waals surface area contributed by atoms with Gasteiger partial charge >= 0.3 is 5.97 Å². The molecule has 138 valence electrons. The molecule has 26 heavy (non-hydrogen) atoms. The van der Waals surface area contributed by atoms with Crippen molar-refractivity contribution in [3.05, 3.63) is 57.2 Å². The van der Waals surface area contributed by atoms with Gasteiger partial charge < -0.3 is 9.29 Å². The molecule has 5 nitrogen and oxygen atoms in total. The quantitative estimate of drug-likeness (QED) is 0.276. The maximum Gasteiger partial charge on any atom is 0.343 e. The van der Waals surface area contributed by atoms with Gasteiger partial charge in [-0.25, -0.2) is 13.2 Å². The number of carbonyl (C=O) groups excluding carboxylic acids is 1. The number of carbonyl (C=O) groups is 1. The molecule has 0 unspecified atom stereocenters. The topological polar surface area (TPSA) is 83.5 Å². The molecule has 2 aromatic rings. The van der Waals surface area contributed by atoms with E-state index in [2.05, 4.69) is 22.6 Å². The monoisotopic (exact) mass is 485 g/mol. The highest BCUT2D eigenvalue weighted by Gasteiger charge is 2.22. The molecule has 0 aromatic heterocycles. The highest BCUT2D eigenvalue weighted by atomic mass is 127. The number of hydrogen-bond donors (Lipinski definition) is 0. The fraction of sp³-hybridized carbons (Fsp3) is 0.316. The molecule has 1 fully saturated rings. The number of halogens is 1. The fourth-order valence-electron chi connectivity index (χ4n) is 3.33. The van der Waals surface area contributed by atoms with Crippen molar-refractivity contribution in [2.45, 2.75) is 42.9 Å². The summed E-state index contributed by atoms with van der Waals surface area (Å²) in [5.74, 6) is -0.267. The van der Waals surface area contributed by atoms with Crippen LogP contribution in [0.15, 0.2) is 47.4 Å². The Bertz CT molecular complexity index is 917. The average molecular weight is 485 g/mol. The van der Waals surface area contributed by atoms with E-state index in [-0.39, 0.29) is 16.6 Å². The van der Waals surface area contributed by atoms with Crippen LogP contribution in [0.2, 0.25) is 0 Å². The zero-order chi connectivity index (χ0) is 18.7. The van der Waals surface area contributed by atoms with Gasteiger partial charge in [-0.05, 0) is 83.3 Å². The molecule has 0 bridgehead atoms. The van der Waals surface area contributed by atoms with Gasteiger partial charge in [0.05, 0.1) is 10.5 Å². The smallest absolute Gasteiger partial charge is 0.343 e. The Morgan fingerprint density at radius 1 is 1.08 bits per heavy atom. The summed E-state index contributed by atoms with van der Waals surface area (Å²) in [6.45, 7) is 0. The number of esters is 1. The van der Waals surface area contributed by atoms with Crippen LogP contribution in [0.5, 0.6) is 5.75 Å². The lowest BCUT2D eigenvalue weighted by atomic mass is 9.84. The van der Waals surface area contributed by atoms with Crippen LogP contribution in [0.25, 0.3) is 0 Å². The van der Waals surface area contributed by atoms with E-state index in [1.54, 1.807) is 18.2 Å². The standard InChI is InChI=1S/C19H19IO5S/c20-15-8-4-7-14(11-15)19(21)25-16-9-10-18(26(22,23)24)17(12-16)13-5-2-1-3-6-13/h4,7-13H,1-3,5-6H2,(H,22,23,24)/p-1. The van der Waals surface area contributed by atoms with Gasteiger partial charge in [-0.1, -0.05) is 25.3 Å². The van der Waals surface area contributed by atoms with E-state index in [1.807, 2.05) is 6.07 Å². The molecule has 0 saturated heterocycles. The van der Waals surface area contributed by atoms with Gasteiger partial charge in [-0.15, -0.1) is 0 Å². The van der Waals surface area contributed by atoms with E-state index < -0.39 is 16.1 Å². The average Bonchev–Trinajstić information content (AvgIpc) is 2.61. The SMILES string of the molecule is O=C(Oc1ccc(S(=O)(=O)[O-])c(C2CCCCC2)c1)c1cccc(I)c1. The Balaban J connectivity index is 1.92. The minimum atomic E-state index is -4.58. The van der Waals surface area contributed by atoms with Crippen LogP contribution < -0.4 is 4.74 Å². The first-order valence-electron chi connectivity index (χ1n) is 8.42. The molecule has 1 saturated carbocycles. The molecule has 0 atom stereocenters. The lowest BCUT2D eigenvalue weighted by Crippen LogP contribution is -2.13. The van der Waals surface area contributed by atoms with Crippen molar-refractivity contribution in [1.29, 1.82) is 0 Å². The third kappa shape index (κ3) is 4.63. The van der Waals surface area contributed by atoms with E-state index in [0.29, 0.717) is 11.1 Å². The molecule has 0 spiro atoms. The Morgan fingerprint density at radius 3 is 2.46 bits per heavy atom. The van der Waals surface area contributed by atoms with Gasteiger partial charge in [-0.2, -0.15) is 0 Å². The fourth-order valence-corrected chi connectivity index (χ4v) is 4.62. The van der Waals surface area contributed by atoms with Crippen LogP contribution in [0.4, 0.5) is 0 Å². The first-order valence-corrected chi connectivity index (χ1v) is 10.9. The van der Waals surface area contributed by atoms with Crippen molar-refractivity contribution in [3.63, 3.8) is 0 Å². The van der Waals surface area contributed by atoms with Gasteiger partial charge in [-0.3, -0.25) is 0 Å². The molecule has 0 amide bonds. The number of rotatable bonds is 4. The molecule has 1 aliphatic carbocycles. The predicted molar refractivity (Wildman–Crippen MR) is 104 cm³/mol. The van der Waals surface area contributed by atoms with Crippen molar-refractivity contribution in [2.24, 2.45) is 0 Å². The van der Waals surface area contributed by atoms with Gasteiger partial charge in [0.2, 0.25) is 0 Å². The third-order valence-electron chi connectivity index (χ3n) is 4.57. The minimum Gasteiger partial charge on any atom is -0.744 e. The highest BCUT2D eigenvalue weighted by Crippen LogP contribution is 2.37. The normalized spacial score (nSPS) is 15.6. The van der Waals surface area contributed by atoms with Crippen molar-refractivity contribution < 1.29 is 22.5 Å². The van der Waals surface area contributed by atoms with Gasteiger partial charge in [0, 0.05) is 3.57 Å². The number of ether oxygens (including phenoxy) is 1. The van der Waals surface area contributed by atoms with E-state index >= 15 is 0 Å². The molecular weight excluding hydrogens is 467 g/mol. The van der Waals surface area contributed by atoms with Crippen molar-refractivity contribution in [1.82, 2.24) is 0 Å². The van der Waals surface area contributed by atoms with Crippen molar-refractivity contribution in [2.75, 3.05) is 0 Å². The van der Waals surface area contributed by atoms with E-state index in [1.165, 1.54) is 18.2 Å². The van der Waals surface area contributed by atoms with E-state index in [4.69, 9.17) is 4.74 Å². The Labute approximate surface area is 166 Å².